The zero-order chi connectivity index (χ0) is 19.9. The average molecular weight is 395 g/mol. The van der Waals surface area contributed by atoms with Gasteiger partial charge in [0.05, 0.1) is 11.0 Å². The zero-order valence-corrected chi connectivity index (χ0v) is 14.7. The first-order chi connectivity index (χ1) is 12.8. The van der Waals surface area contributed by atoms with Crippen LogP contribution in [0.5, 0.6) is 5.75 Å². The summed E-state index contributed by atoms with van der Waals surface area (Å²) < 4.78 is 54.7. The molecule has 10 heteroatoms. The lowest BCUT2D eigenvalue weighted by atomic mass is 10.2. The van der Waals surface area contributed by atoms with E-state index in [1.54, 1.807) is 0 Å². The highest BCUT2D eigenvalue weighted by Gasteiger charge is 2.14. The number of sulfonamides is 1. The number of halogens is 2. The van der Waals surface area contributed by atoms with E-state index in [1.807, 2.05) is 6.07 Å². The van der Waals surface area contributed by atoms with Crippen molar-refractivity contribution in [3.8, 4) is 11.8 Å². The number of alkyl halides is 2. The summed E-state index contributed by atoms with van der Waals surface area (Å²) in [4.78, 5) is 12.1. The molecular weight excluding hydrogens is 380 g/mol. The molecule has 142 valence electrons. The van der Waals surface area contributed by atoms with Gasteiger partial charge in [0.15, 0.2) is 0 Å². The van der Waals surface area contributed by atoms with E-state index in [0.29, 0.717) is 5.69 Å². The van der Waals surface area contributed by atoms with Crippen molar-refractivity contribution in [2.45, 2.75) is 17.9 Å². The van der Waals surface area contributed by atoms with Gasteiger partial charge in [0, 0.05) is 24.2 Å². The van der Waals surface area contributed by atoms with Gasteiger partial charge in [-0.2, -0.15) is 14.0 Å². The normalized spacial score (nSPS) is 11.0. The van der Waals surface area contributed by atoms with Crippen molar-refractivity contribution in [2.24, 2.45) is 0 Å². The minimum Gasteiger partial charge on any atom is -0.435 e. The van der Waals surface area contributed by atoms with Crippen LogP contribution in [0.15, 0.2) is 53.4 Å². The molecule has 2 N–H and O–H groups in total. The smallest absolute Gasteiger partial charge is 0.387 e. The summed E-state index contributed by atoms with van der Waals surface area (Å²) in [5.74, 6) is -0.541. The second-order valence-electron chi connectivity index (χ2n) is 5.19. The molecule has 0 radical (unpaired) electrons. The lowest BCUT2D eigenvalue weighted by Crippen LogP contribution is -2.24. The quantitative estimate of drug-likeness (QED) is 0.668. The van der Waals surface area contributed by atoms with Crippen molar-refractivity contribution in [1.82, 2.24) is 4.72 Å². The van der Waals surface area contributed by atoms with E-state index < -0.39 is 22.5 Å². The highest BCUT2D eigenvalue weighted by Crippen LogP contribution is 2.18. The topological polar surface area (TPSA) is 108 Å². The first kappa shape index (κ1) is 20.3. The summed E-state index contributed by atoms with van der Waals surface area (Å²) in [6.07, 6.45) is 0.0425. The van der Waals surface area contributed by atoms with E-state index in [2.05, 4.69) is 14.8 Å². The van der Waals surface area contributed by atoms with Gasteiger partial charge in [-0.25, -0.2) is 13.1 Å². The summed E-state index contributed by atoms with van der Waals surface area (Å²) >= 11 is 0. The molecule has 0 spiro atoms. The minimum absolute atomic E-state index is 0.00760. The Balaban J connectivity index is 2.02. The maximum absolute atomic E-state index is 12.2. The van der Waals surface area contributed by atoms with E-state index >= 15 is 0 Å². The summed E-state index contributed by atoms with van der Waals surface area (Å²) in [6, 6.07) is 12.4. The van der Waals surface area contributed by atoms with Crippen LogP contribution >= 0.6 is 0 Å². The number of ether oxygens (including phenoxy) is 1. The predicted octanol–water partition coefficient (Wildman–Crippen LogP) is 2.73. The number of benzene rings is 2. The van der Waals surface area contributed by atoms with Gasteiger partial charge in [-0.15, -0.1) is 0 Å². The molecule has 27 heavy (non-hydrogen) atoms. The number of carbonyl (C=O) groups excluding carboxylic acids is 1. The Morgan fingerprint density at radius 1 is 1.11 bits per heavy atom. The van der Waals surface area contributed by atoms with Crippen molar-refractivity contribution < 1.29 is 26.7 Å². The fraction of sp³-hybridized carbons (Fsp3) is 0.176. The average Bonchev–Trinajstić information content (AvgIpc) is 2.63. The van der Waals surface area contributed by atoms with Crippen LogP contribution in [0.3, 0.4) is 0 Å². The molecule has 0 aromatic heterocycles. The van der Waals surface area contributed by atoms with E-state index in [-0.39, 0.29) is 29.2 Å². The van der Waals surface area contributed by atoms with Gasteiger partial charge in [0.1, 0.15) is 5.75 Å². The third-order valence-electron chi connectivity index (χ3n) is 3.29. The first-order valence-corrected chi connectivity index (χ1v) is 9.13. The highest BCUT2D eigenvalue weighted by atomic mass is 32.2. The lowest BCUT2D eigenvalue weighted by molar-refractivity contribution is -0.0498. The van der Waals surface area contributed by atoms with Crippen molar-refractivity contribution in [3.05, 3.63) is 54.1 Å². The van der Waals surface area contributed by atoms with Gasteiger partial charge in [0.2, 0.25) is 10.0 Å². The van der Waals surface area contributed by atoms with Gasteiger partial charge in [-0.1, -0.05) is 0 Å². The lowest BCUT2D eigenvalue weighted by Gasteiger charge is -2.09. The molecule has 0 saturated carbocycles. The SMILES string of the molecule is N#CCCNS(=O)(=O)c1ccc(C(=O)Nc2ccc(OC(F)F)cc2)cc1. The number of nitriles is 1. The maximum Gasteiger partial charge on any atom is 0.387 e. The Hall–Kier alpha value is -3.03. The van der Waals surface area contributed by atoms with Crippen molar-refractivity contribution in [3.63, 3.8) is 0 Å². The number of nitrogens with zero attached hydrogens (tertiary/aromatic N) is 1. The third kappa shape index (κ3) is 6.02. The van der Waals surface area contributed by atoms with Crippen LogP contribution in [-0.4, -0.2) is 27.5 Å². The highest BCUT2D eigenvalue weighted by molar-refractivity contribution is 7.89. The number of hydrogen-bond donors (Lipinski definition) is 2. The molecule has 0 aliphatic heterocycles. The second-order valence-corrected chi connectivity index (χ2v) is 6.95. The summed E-state index contributed by atoms with van der Waals surface area (Å²) in [7, 11) is -3.76. The van der Waals surface area contributed by atoms with Gasteiger partial charge in [-0.3, -0.25) is 4.79 Å². The van der Waals surface area contributed by atoms with Gasteiger partial charge < -0.3 is 10.1 Å². The molecule has 0 saturated heterocycles. The van der Waals surface area contributed by atoms with Crippen LogP contribution in [-0.2, 0) is 10.0 Å². The molecular formula is C17H15F2N3O4S. The molecule has 0 unspecified atom stereocenters. The molecule has 2 aromatic rings. The van der Waals surface area contributed by atoms with E-state index in [9.17, 15) is 22.0 Å². The molecule has 0 atom stereocenters. The Kier molecular flexibility index (Phi) is 6.81. The molecule has 7 nitrogen and oxygen atoms in total. The van der Waals surface area contributed by atoms with Crippen LogP contribution in [0.25, 0.3) is 0 Å². The van der Waals surface area contributed by atoms with Crippen LogP contribution in [0.1, 0.15) is 16.8 Å². The monoisotopic (exact) mass is 395 g/mol. The van der Waals surface area contributed by atoms with E-state index in [1.165, 1.54) is 48.5 Å². The number of amides is 1. The van der Waals surface area contributed by atoms with Crippen molar-refractivity contribution in [2.75, 3.05) is 11.9 Å². The Morgan fingerprint density at radius 3 is 2.30 bits per heavy atom. The Bertz CT molecular complexity index is 924. The molecule has 1 amide bonds. The fourth-order valence-corrected chi connectivity index (χ4v) is 3.06. The number of hydrogen-bond acceptors (Lipinski definition) is 5. The molecule has 0 aliphatic rings. The largest absolute Gasteiger partial charge is 0.435 e. The van der Waals surface area contributed by atoms with Crippen LogP contribution in [0.2, 0.25) is 0 Å². The van der Waals surface area contributed by atoms with Gasteiger partial charge >= 0.3 is 6.61 Å². The minimum atomic E-state index is -3.76. The number of rotatable bonds is 8. The standard InChI is InChI=1S/C17H15F2N3O4S/c18-17(19)26-14-6-4-13(5-7-14)22-16(23)12-2-8-15(9-3-12)27(24,25)21-11-1-10-20/h2-9,17,21H,1,11H2,(H,22,23). The molecule has 2 aromatic carbocycles. The summed E-state index contributed by atoms with van der Waals surface area (Å²) in [5.41, 5.74) is 0.565. The summed E-state index contributed by atoms with van der Waals surface area (Å²) in [6.45, 7) is -2.94. The van der Waals surface area contributed by atoms with Crippen molar-refractivity contribution >= 4 is 21.6 Å². The Morgan fingerprint density at radius 2 is 1.74 bits per heavy atom. The predicted molar refractivity (Wildman–Crippen MR) is 92.9 cm³/mol. The van der Waals surface area contributed by atoms with Gasteiger partial charge in [0.25, 0.3) is 5.91 Å². The summed E-state index contributed by atoms with van der Waals surface area (Å²) in [5, 5.41) is 11.0. The molecule has 0 fully saturated rings. The zero-order valence-electron chi connectivity index (χ0n) is 13.9. The van der Waals surface area contributed by atoms with E-state index in [4.69, 9.17) is 5.26 Å². The van der Waals surface area contributed by atoms with Crippen LogP contribution in [0, 0.1) is 11.3 Å². The number of anilines is 1. The van der Waals surface area contributed by atoms with Crippen LogP contribution < -0.4 is 14.8 Å². The molecule has 0 heterocycles. The molecule has 0 aliphatic carbocycles. The van der Waals surface area contributed by atoms with E-state index in [0.717, 1.165) is 0 Å². The molecule has 0 bridgehead atoms. The molecule has 2 rings (SSSR count). The fourth-order valence-electron chi connectivity index (χ4n) is 2.03. The first-order valence-electron chi connectivity index (χ1n) is 7.65. The number of carbonyl (C=O) groups is 1. The maximum atomic E-state index is 12.2. The Labute approximate surface area is 154 Å². The third-order valence-corrected chi connectivity index (χ3v) is 4.77. The second kappa shape index (κ2) is 9.07. The van der Waals surface area contributed by atoms with Crippen molar-refractivity contribution in [1.29, 1.82) is 5.26 Å². The number of nitrogens with one attached hydrogen (secondary N) is 2. The van der Waals surface area contributed by atoms with Gasteiger partial charge in [-0.05, 0) is 48.5 Å². The van der Waals surface area contributed by atoms with Crippen LogP contribution in [0.4, 0.5) is 14.5 Å².